The molecule has 1 saturated heterocycles. The number of nitrogens with zero attached hydrogens (tertiary/aromatic N) is 6. The number of hydrazine groups is 1. The Morgan fingerprint density at radius 2 is 1.78 bits per heavy atom. The molecule has 0 aromatic carbocycles. The van der Waals surface area contributed by atoms with Gasteiger partial charge in [-0.25, -0.2) is 5.84 Å². The third kappa shape index (κ3) is 2.77. The molecule has 0 amide bonds. The average Bonchev–Trinajstić information content (AvgIpc) is 2.39. The zero-order chi connectivity index (χ0) is 13.1. The zero-order valence-corrected chi connectivity index (χ0v) is 11.1. The number of nitrogen functional groups attached to an aromatic ring is 1. The van der Waals surface area contributed by atoms with Crippen molar-refractivity contribution < 1.29 is 0 Å². The van der Waals surface area contributed by atoms with Gasteiger partial charge in [-0.05, 0) is 7.05 Å². The van der Waals surface area contributed by atoms with E-state index in [1.165, 1.54) is 0 Å². The topological polar surface area (TPSA) is 86.4 Å². The van der Waals surface area contributed by atoms with Gasteiger partial charge in [-0.2, -0.15) is 15.0 Å². The van der Waals surface area contributed by atoms with Crippen molar-refractivity contribution >= 4 is 17.8 Å². The van der Waals surface area contributed by atoms with Crippen molar-refractivity contribution in [2.45, 2.75) is 0 Å². The van der Waals surface area contributed by atoms with Gasteiger partial charge in [0.05, 0.1) is 0 Å². The van der Waals surface area contributed by atoms with Gasteiger partial charge in [0, 0.05) is 40.3 Å². The molecule has 0 aliphatic carbocycles. The van der Waals surface area contributed by atoms with Crippen molar-refractivity contribution in [3.05, 3.63) is 0 Å². The second kappa shape index (κ2) is 5.32. The highest BCUT2D eigenvalue weighted by Gasteiger charge is 2.18. The lowest BCUT2D eigenvalue weighted by molar-refractivity contribution is 0.311. The molecule has 3 N–H and O–H groups in total. The Balaban J connectivity index is 2.23. The molecule has 100 valence electrons. The number of hydrogen-bond acceptors (Lipinski definition) is 8. The summed E-state index contributed by atoms with van der Waals surface area (Å²) in [5.41, 5.74) is 2.48. The van der Waals surface area contributed by atoms with E-state index >= 15 is 0 Å². The maximum absolute atomic E-state index is 5.39. The summed E-state index contributed by atoms with van der Waals surface area (Å²) < 4.78 is 0. The molecule has 8 heteroatoms. The van der Waals surface area contributed by atoms with Crippen molar-refractivity contribution in [1.82, 2.24) is 19.9 Å². The van der Waals surface area contributed by atoms with E-state index in [-0.39, 0.29) is 0 Å². The fourth-order valence-corrected chi connectivity index (χ4v) is 1.77. The number of likely N-dealkylation sites (N-methyl/N-ethyl adjacent to an activating group) is 1. The van der Waals surface area contributed by atoms with Crippen LogP contribution in [-0.4, -0.2) is 67.2 Å². The molecule has 1 aromatic rings. The van der Waals surface area contributed by atoms with Crippen LogP contribution in [0.4, 0.5) is 17.8 Å². The van der Waals surface area contributed by atoms with Crippen molar-refractivity contribution in [2.75, 3.05) is 62.5 Å². The van der Waals surface area contributed by atoms with E-state index in [0.29, 0.717) is 17.8 Å². The van der Waals surface area contributed by atoms with Gasteiger partial charge in [-0.1, -0.05) is 0 Å². The Labute approximate surface area is 107 Å². The summed E-state index contributed by atoms with van der Waals surface area (Å²) in [4.78, 5) is 19.2. The van der Waals surface area contributed by atoms with Crippen molar-refractivity contribution in [2.24, 2.45) is 5.84 Å². The predicted octanol–water partition coefficient (Wildman–Crippen LogP) is -1.02. The fourth-order valence-electron chi connectivity index (χ4n) is 1.77. The van der Waals surface area contributed by atoms with Gasteiger partial charge in [0.1, 0.15) is 0 Å². The lowest BCUT2D eigenvalue weighted by Crippen LogP contribution is -2.45. The second-order valence-electron chi connectivity index (χ2n) is 4.59. The Morgan fingerprint density at radius 1 is 1.11 bits per heavy atom. The van der Waals surface area contributed by atoms with Crippen molar-refractivity contribution in [3.63, 3.8) is 0 Å². The molecule has 8 nitrogen and oxygen atoms in total. The molecule has 0 spiro atoms. The highest BCUT2D eigenvalue weighted by atomic mass is 15.4. The first-order valence-corrected chi connectivity index (χ1v) is 5.93. The van der Waals surface area contributed by atoms with E-state index in [2.05, 4.69) is 37.2 Å². The summed E-state index contributed by atoms with van der Waals surface area (Å²) in [5, 5.41) is 0. The van der Waals surface area contributed by atoms with Gasteiger partial charge in [-0.15, -0.1) is 0 Å². The van der Waals surface area contributed by atoms with Crippen LogP contribution in [0.1, 0.15) is 0 Å². The SMILES string of the molecule is CN1CCN(c2nc(NN)nc(N(C)C)n2)CC1. The quantitative estimate of drug-likeness (QED) is 0.522. The van der Waals surface area contributed by atoms with E-state index in [0.717, 1.165) is 26.2 Å². The number of hydrogen-bond donors (Lipinski definition) is 2. The van der Waals surface area contributed by atoms with E-state index in [1.807, 2.05) is 19.0 Å². The maximum Gasteiger partial charge on any atom is 0.243 e. The number of anilines is 3. The van der Waals surface area contributed by atoms with Gasteiger partial charge < -0.3 is 14.7 Å². The van der Waals surface area contributed by atoms with E-state index in [9.17, 15) is 0 Å². The van der Waals surface area contributed by atoms with Crippen LogP contribution in [0.15, 0.2) is 0 Å². The van der Waals surface area contributed by atoms with E-state index in [1.54, 1.807) is 0 Å². The third-order valence-electron chi connectivity index (χ3n) is 2.93. The Kier molecular flexibility index (Phi) is 3.78. The van der Waals surface area contributed by atoms with Crippen LogP contribution in [0.5, 0.6) is 0 Å². The van der Waals surface area contributed by atoms with Gasteiger partial charge in [0.25, 0.3) is 0 Å². The molecule has 1 aromatic heterocycles. The standard InChI is InChI=1S/C10H20N8/c1-16(2)9-12-8(15-11)13-10(14-9)18-6-4-17(3)5-7-18/h4-7,11H2,1-3H3,(H,12,13,14,15). The van der Waals surface area contributed by atoms with Gasteiger partial charge >= 0.3 is 0 Å². The molecule has 1 fully saturated rings. The minimum Gasteiger partial charge on any atom is -0.347 e. The first-order chi connectivity index (χ1) is 8.60. The molecule has 2 rings (SSSR count). The predicted molar refractivity (Wildman–Crippen MR) is 71.7 cm³/mol. The fraction of sp³-hybridized carbons (Fsp3) is 0.700. The number of rotatable bonds is 3. The third-order valence-corrected chi connectivity index (χ3v) is 2.93. The number of piperazine rings is 1. The summed E-state index contributed by atoms with van der Waals surface area (Å²) in [5.74, 6) is 7.06. The van der Waals surface area contributed by atoms with E-state index < -0.39 is 0 Å². The normalized spacial score (nSPS) is 16.8. The van der Waals surface area contributed by atoms with Crippen LogP contribution >= 0.6 is 0 Å². The van der Waals surface area contributed by atoms with Crippen molar-refractivity contribution in [1.29, 1.82) is 0 Å². The number of aromatic nitrogens is 3. The number of nitrogens with one attached hydrogen (secondary N) is 1. The Morgan fingerprint density at radius 3 is 2.33 bits per heavy atom. The summed E-state index contributed by atoms with van der Waals surface area (Å²) in [6.45, 7) is 3.84. The molecular formula is C10H20N8. The monoisotopic (exact) mass is 252 g/mol. The van der Waals surface area contributed by atoms with Crippen LogP contribution in [0, 0.1) is 0 Å². The summed E-state index contributed by atoms with van der Waals surface area (Å²) >= 11 is 0. The molecule has 0 unspecified atom stereocenters. The largest absolute Gasteiger partial charge is 0.347 e. The summed E-state index contributed by atoms with van der Waals surface area (Å²) in [6, 6.07) is 0. The lowest BCUT2D eigenvalue weighted by Gasteiger charge is -2.32. The first kappa shape index (κ1) is 12.8. The summed E-state index contributed by atoms with van der Waals surface area (Å²) in [7, 11) is 5.90. The van der Waals surface area contributed by atoms with Crippen LogP contribution in [-0.2, 0) is 0 Å². The van der Waals surface area contributed by atoms with Crippen LogP contribution < -0.4 is 21.1 Å². The molecule has 0 atom stereocenters. The van der Waals surface area contributed by atoms with Crippen LogP contribution in [0.25, 0.3) is 0 Å². The number of nitrogens with two attached hydrogens (primary N) is 1. The van der Waals surface area contributed by atoms with E-state index in [4.69, 9.17) is 5.84 Å². The average molecular weight is 252 g/mol. The van der Waals surface area contributed by atoms with Gasteiger partial charge in [0.2, 0.25) is 17.8 Å². The second-order valence-corrected chi connectivity index (χ2v) is 4.59. The minimum absolute atomic E-state index is 0.391. The Hall–Kier alpha value is -1.67. The zero-order valence-electron chi connectivity index (χ0n) is 11.1. The first-order valence-electron chi connectivity index (χ1n) is 5.93. The molecule has 2 heterocycles. The van der Waals surface area contributed by atoms with Crippen LogP contribution in [0.3, 0.4) is 0 Å². The molecular weight excluding hydrogens is 232 g/mol. The molecule has 1 aliphatic heterocycles. The maximum atomic E-state index is 5.39. The molecule has 1 aliphatic rings. The van der Waals surface area contributed by atoms with Gasteiger partial charge in [0.15, 0.2) is 0 Å². The molecule has 0 saturated carbocycles. The Bertz CT molecular complexity index is 399. The molecule has 0 bridgehead atoms. The summed E-state index contributed by atoms with van der Waals surface area (Å²) in [6.07, 6.45) is 0. The highest BCUT2D eigenvalue weighted by Crippen LogP contribution is 2.15. The lowest BCUT2D eigenvalue weighted by atomic mass is 10.3. The minimum atomic E-state index is 0.391. The van der Waals surface area contributed by atoms with Crippen molar-refractivity contribution in [3.8, 4) is 0 Å². The highest BCUT2D eigenvalue weighted by molar-refractivity contribution is 5.44. The molecule has 0 radical (unpaired) electrons. The van der Waals surface area contributed by atoms with Crippen LogP contribution in [0.2, 0.25) is 0 Å². The van der Waals surface area contributed by atoms with Gasteiger partial charge in [-0.3, -0.25) is 5.43 Å². The molecule has 18 heavy (non-hydrogen) atoms. The smallest absolute Gasteiger partial charge is 0.243 e.